The zero-order chi connectivity index (χ0) is 16.2. The molecule has 2 aliphatic heterocycles. The Morgan fingerprint density at radius 1 is 1.30 bits per heavy atom. The highest BCUT2D eigenvalue weighted by Gasteiger charge is 2.36. The molecule has 2 fully saturated rings. The molecule has 2 saturated heterocycles. The lowest BCUT2D eigenvalue weighted by molar-refractivity contribution is -0.139. The first-order valence-corrected chi connectivity index (χ1v) is 7.94. The standard InChI is InChI=1S/C17H22N2O4/c1-18-9-13-10-19(8-7-15(13)23-11-16(18)20)17(21)12-22-14-5-3-2-4-6-14/h2-6,13,15H,7-12H2,1H3/t13-,15-/m0/s1. The molecule has 23 heavy (non-hydrogen) atoms. The molecular weight excluding hydrogens is 296 g/mol. The first-order chi connectivity index (χ1) is 11.1. The molecule has 6 nitrogen and oxygen atoms in total. The largest absolute Gasteiger partial charge is 0.484 e. The van der Waals surface area contributed by atoms with Crippen LogP contribution >= 0.6 is 0 Å². The SMILES string of the molecule is CN1C[C@H]2CN(C(=O)COc3ccccc3)CC[C@@H]2OCC1=O. The number of benzene rings is 1. The first kappa shape index (κ1) is 15.8. The molecule has 0 unspecified atom stereocenters. The van der Waals surface area contributed by atoms with Gasteiger partial charge in [-0.1, -0.05) is 18.2 Å². The summed E-state index contributed by atoms with van der Waals surface area (Å²) >= 11 is 0. The van der Waals surface area contributed by atoms with Gasteiger partial charge in [-0.05, 0) is 18.6 Å². The van der Waals surface area contributed by atoms with Crippen molar-refractivity contribution in [2.75, 3.05) is 39.9 Å². The molecule has 2 atom stereocenters. The van der Waals surface area contributed by atoms with Crippen LogP contribution in [-0.4, -0.2) is 67.6 Å². The summed E-state index contributed by atoms with van der Waals surface area (Å²) in [5.74, 6) is 0.843. The van der Waals surface area contributed by atoms with Gasteiger partial charge in [-0.25, -0.2) is 0 Å². The van der Waals surface area contributed by atoms with Gasteiger partial charge in [-0.3, -0.25) is 9.59 Å². The molecule has 6 heteroatoms. The highest BCUT2D eigenvalue weighted by molar-refractivity contribution is 5.78. The number of ether oxygens (including phenoxy) is 2. The van der Waals surface area contributed by atoms with Crippen molar-refractivity contribution in [3.8, 4) is 5.75 Å². The molecule has 2 heterocycles. The van der Waals surface area contributed by atoms with Crippen molar-refractivity contribution < 1.29 is 19.1 Å². The van der Waals surface area contributed by atoms with Gasteiger partial charge in [0, 0.05) is 32.6 Å². The Hall–Kier alpha value is -2.08. The number of hydrogen-bond acceptors (Lipinski definition) is 4. The number of nitrogens with zero attached hydrogens (tertiary/aromatic N) is 2. The minimum atomic E-state index is -0.0227. The summed E-state index contributed by atoms with van der Waals surface area (Å²) in [6.45, 7) is 2.07. The minimum absolute atomic E-state index is 0.00434. The number of likely N-dealkylation sites (tertiary alicyclic amines) is 1. The number of rotatable bonds is 3. The number of fused-ring (bicyclic) bond motifs is 1. The van der Waals surface area contributed by atoms with Crippen molar-refractivity contribution in [2.24, 2.45) is 5.92 Å². The van der Waals surface area contributed by atoms with Gasteiger partial charge in [0.15, 0.2) is 6.61 Å². The van der Waals surface area contributed by atoms with E-state index in [-0.39, 0.29) is 37.0 Å². The van der Waals surface area contributed by atoms with Gasteiger partial charge in [-0.2, -0.15) is 0 Å². The second-order valence-electron chi connectivity index (χ2n) is 6.11. The van der Waals surface area contributed by atoms with Crippen molar-refractivity contribution >= 4 is 11.8 Å². The fraction of sp³-hybridized carbons (Fsp3) is 0.529. The second kappa shape index (κ2) is 7.00. The number of amides is 2. The van der Waals surface area contributed by atoms with Crippen LogP contribution in [0.15, 0.2) is 30.3 Å². The molecule has 1 aromatic carbocycles. The molecule has 0 aromatic heterocycles. The van der Waals surface area contributed by atoms with E-state index in [9.17, 15) is 9.59 Å². The smallest absolute Gasteiger partial charge is 0.260 e. The average Bonchev–Trinajstić information content (AvgIpc) is 2.72. The summed E-state index contributed by atoms with van der Waals surface area (Å²) in [7, 11) is 1.79. The van der Waals surface area contributed by atoms with Crippen molar-refractivity contribution in [3.63, 3.8) is 0 Å². The Balaban J connectivity index is 1.55. The molecular formula is C17H22N2O4. The van der Waals surface area contributed by atoms with Crippen molar-refractivity contribution in [1.82, 2.24) is 9.80 Å². The van der Waals surface area contributed by atoms with Crippen LogP contribution in [0.5, 0.6) is 5.75 Å². The molecule has 0 radical (unpaired) electrons. The van der Waals surface area contributed by atoms with Crippen LogP contribution in [0.2, 0.25) is 0 Å². The number of carbonyl (C=O) groups excluding carboxylic acids is 2. The lowest BCUT2D eigenvalue weighted by Crippen LogP contribution is -2.50. The van der Waals surface area contributed by atoms with Crippen LogP contribution in [0.3, 0.4) is 0 Å². The molecule has 2 aliphatic rings. The summed E-state index contributed by atoms with van der Waals surface area (Å²) in [5.41, 5.74) is 0. The molecule has 0 N–H and O–H groups in total. The molecule has 0 bridgehead atoms. The number of piperidine rings is 1. The van der Waals surface area contributed by atoms with E-state index in [0.717, 1.165) is 6.42 Å². The van der Waals surface area contributed by atoms with E-state index in [2.05, 4.69) is 0 Å². The van der Waals surface area contributed by atoms with Crippen LogP contribution in [0.25, 0.3) is 0 Å². The second-order valence-corrected chi connectivity index (χ2v) is 6.11. The van der Waals surface area contributed by atoms with Crippen LogP contribution in [0, 0.1) is 5.92 Å². The van der Waals surface area contributed by atoms with Gasteiger partial charge in [0.05, 0.1) is 6.10 Å². The van der Waals surface area contributed by atoms with E-state index >= 15 is 0 Å². The quantitative estimate of drug-likeness (QED) is 0.826. The first-order valence-electron chi connectivity index (χ1n) is 7.94. The summed E-state index contributed by atoms with van der Waals surface area (Å²) in [6.07, 6.45) is 0.825. The van der Waals surface area contributed by atoms with E-state index in [1.165, 1.54) is 0 Å². The van der Waals surface area contributed by atoms with E-state index in [4.69, 9.17) is 9.47 Å². The zero-order valence-corrected chi connectivity index (χ0v) is 13.3. The number of likely N-dealkylation sites (N-methyl/N-ethyl adjacent to an activating group) is 1. The molecule has 1 aromatic rings. The van der Waals surface area contributed by atoms with E-state index in [1.54, 1.807) is 11.9 Å². The number of carbonyl (C=O) groups is 2. The monoisotopic (exact) mass is 318 g/mol. The normalized spacial score (nSPS) is 24.8. The van der Waals surface area contributed by atoms with Gasteiger partial charge in [-0.15, -0.1) is 0 Å². The lowest BCUT2D eigenvalue weighted by Gasteiger charge is -2.37. The Labute approximate surface area is 136 Å². The summed E-state index contributed by atoms with van der Waals surface area (Å²) in [5, 5.41) is 0. The van der Waals surface area contributed by atoms with Crippen LogP contribution in [0.1, 0.15) is 6.42 Å². The predicted molar refractivity (Wildman–Crippen MR) is 84.0 cm³/mol. The molecule has 0 aliphatic carbocycles. The Kier molecular flexibility index (Phi) is 4.81. The maximum Gasteiger partial charge on any atom is 0.260 e. The molecule has 2 amide bonds. The van der Waals surface area contributed by atoms with Crippen molar-refractivity contribution in [3.05, 3.63) is 30.3 Å². The van der Waals surface area contributed by atoms with Gasteiger partial charge < -0.3 is 19.3 Å². The Bertz CT molecular complexity index is 563. The third-order valence-electron chi connectivity index (χ3n) is 4.48. The lowest BCUT2D eigenvalue weighted by atomic mass is 9.94. The molecule has 3 rings (SSSR count). The minimum Gasteiger partial charge on any atom is -0.484 e. The number of para-hydroxylation sites is 1. The highest BCUT2D eigenvalue weighted by atomic mass is 16.5. The van der Waals surface area contributed by atoms with E-state index < -0.39 is 0 Å². The maximum absolute atomic E-state index is 12.4. The maximum atomic E-state index is 12.4. The van der Waals surface area contributed by atoms with Crippen molar-refractivity contribution in [1.29, 1.82) is 0 Å². The summed E-state index contributed by atoms with van der Waals surface area (Å²) < 4.78 is 11.2. The average molecular weight is 318 g/mol. The van der Waals surface area contributed by atoms with E-state index in [0.29, 0.717) is 25.4 Å². The molecule has 0 spiro atoms. The van der Waals surface area contributed by atoms with E-state index in [1.807, 2.05) is 35.2 Å². The van der Waals surface area contributed by atoms with Gasteiger partial charge >= 0.3 is 0 Å². The molecule has 124 valence electrons. The number of hydrogen-bond donors (Lipinski definition) is 0. The Morgan fingerprint density at radius 3 is 2.87 bits per heavy atom. The van der Waals surface area contributed by atoms with Crippen LogP contribution in [-0.2, 0) is 14.3 Å². The predicted octanol–water partition coefficient (Wildman–Crippen LogP) is 0.771. The fourth-order valence-corrected chi connectivity index (χ4v) is 3.13. The van der Waals surface area contributed by atoms with Gasteiger partial charge in [0.1, 0.15) is 12.4 Å². The van der Waals surface area contributed by atoms with Crippen LogP contribution in [0.4, 0.5) is 0 Å². The van der Waals surface area contributed by atoms with Gasteiger partial charge in [0.2, 0.25) is 5.91 Å². The summed E-state index contributed by atoms with van der Waals surface area (Å²) in [4.78, 5) is 27.6. The Morgan fingerprint density at radius 2 is 2.09 bits per heavy atom. The highest BCUT2D eigenvalue weighted by Crippen LogP contribution is 2.23. The van der Waals surface area contributed by atoms with Gasteiger partial charge in [0.25, 0.3) is 5.91 Å². The van der Waals surface area contributed by atoms with Crippen LogP contribution < -0.4 is 4.74 Å². The fourth-order valence-electron chi connectivity index (χ4n) is 3.13. The topological polar surface area (TPSA) is 59.1 Å². The summed E-state index contributed by atoms with van der Waals surface area (Å²) in [6, 6.07) is 9.32. The third kappa shape index (κ3) is 3.82. The zero-order valence-electron chi connectivity index (χ0n) is 13.3. The molecule has 0 saturated carbocycles. The third-order valence-corrected chi connectivity index (χ3v) is 4.48. The van der Waals surface area contributed by atoms with Crippen molar-refractivity contribution in [2.45, 2.75) is 12.5 Å².